The molecule has 1 aromatic rings. The second-order valence-electron chi connectivity index (χ2n) is 4.97. The van der Waals surface area contributed by atoms with Gasteiger partial charge in [-0.2, -0.15) is 0 Å². The Bertz CT molecular complexity index is 354. The van der Waals surface area contributed by atoms with E-state index >= 15 is 0 Å². The average molecular weight is 234 g/mol. The zero-order valence-corrected chi connectivity index (χ0v) is 10.6. The largest absolute Gasteiger partial charge is 0.375 e. The predicted molar refractivity (Wildman–Crippen MR) is 68.5 cm³/mol. The highest BCUT2D eigenvalue weighted by molar-refractivity contribution is 5.08. The summed E-state index contributed by atoms with van der Waals surface area (Å²) in [6, 6.07) is 6.05. The fraction of sp³-hybridized carbons (Fsp3) is 0.643. The van der Waals surface area contributed by atoms with Crippen LogP contribution in [-0.2, 0) is 11.3 Å². The van der Waals surface area contributed by atoms with Crippen LogP contribution in [0, 0.1) is 18.8 Å². The third-order valence-corrected chi connectivity index (χ3v) is 3.65. The van der Waals surface area contributed by atoms with Gasteiger partial charge in [0.2, 0.25) is 0 Å². The summed E-state index contributed by atoms with van der Waals surface area (Å²) in [4.78, 5) is 4.43. The maximum Gasteiger partial charge on any atom is 0.0888 e. The van der Waals surface area contributed by atoms with Crippen molar-refractivity contribution in [2.45, 2.75) is 32.8 Å². The lowest BCUT2D eigenvalue weighted by molar-refractivity contribution is 0.0733. The molecule has 3 heteroatoms. The van der Waals surface area contributed by atoms with Crippen LogP contribution >= 0.6 is 0 Å². The molecule has 1 heterocycles. The van der Waals surface area contributed by atoms with Crippen molar-refractivity contribution in [2.24, 2.45) is 17.6 Å². The van der Waals surface area contributed by atoms with Gasteiger partial charge in [0.1, 0.15) is 0 Å². The van der Waals surface area contributed by atoms with Gasteiger partial charge in [-0.3, -0.25) is 4.98 Å². The molecule has 1 fully saturated rings. The molecule has 1 aliphatic rings. The molecule has 1 aromatic heterocycles. The highest BCUT2D eigenvalue weighted by atomic mass is 16.5. The summed E-state index contributed by atoms with van der Waals surface area (Å²) in [7, 11) is 0. The number of pyridine rings is 1. The van der Waals surface area contributed by atoms with Crippen LogP contribution in [0.15, 0.2) is 18.2 Å². The van der Waals surface area contributed by atoms with Crippen molar-refractivity contribution in [3.05, 3.63) is 29.6 Å². The molecule has 17 heavy (non-hydrogen) atoms. The second-order valence-corrected chi connectivity index (χ2v) is 4.97. The molecule has 0 spiro atoms. The van der Waals surface area contributed by atoms with Crippen LogP contribution in [-0.4, -0.2) is 18.1 Å². The van der Waals surface area contributed by atoms with Gasteiger partial charge in [0.15, 0.2) is 0 Å². The van der Waals surface area contributed by atoms with E-state index in [1.165, 1.54) is 19.3 Å². The molecule has 2 unspecified atom stereocenters. The van der Waals surface area contributed by atoms with E-state index in [9.17, 15) is 0 Å². The van der Waals surface area contributed by atoms with Gasteiger partial charge in [0, 0.05) is 5.69 Å². The molecule has 0 saturated heterocycles. The number of ether oxygens (including phenoxy) is 1. The normalized spacial score (nSPS) is 24.1. The zero-order chi connectivity index (χ0) is 12.1. The molecule has 0 aromatic carbocycles. The van der Waals surface area contributed by atoms with Crippen LogP contribution < -0.4 is 5.73 Å². The van der Waals surface area contributed by atoms with Crippen LogP contribution in [0.25, 0.3) is 0 Å². The molecular weight excluding hydrogens is 212 g/mol. The predicted octanol–water partition coefficient (Wildman–Crippen LogP) is 2.28. The molecule has 0 bridgehead atoms. The highest BCUT2D eigenvalue weighted by Gasteiger charge is 2.25. The van der Waals surface area contributed by atoms with E-state index in [1.807, 2.05) is 25.1 Å². The third-order valence-electron chi connectivity index (χ3n) is 3.65. The Hall–Kier alpha value is -0.930. The number of nitrogens with two attached hydrogens (primary N) is 1. The summed E-state index contributed by atoms with van der Waals surface area (Å²) in [5.41, 5.74) is 7.83. The first kappa shape index (κ1) is 12.5. The fourth-order valence-corrected chi connectivity index (χ4v) is 2.64. The summed E-state index contributed by atoms with van der Waals surface area (Å²) >= 11 is 0. The van der Waals surface area contributed by atoms with E-state index in [1.54, 1.807) is 0 Å². The Morgan fingerprint density at radius 1 is 1.35 bits per heavy atom. The van der Waals surface area contributed by atoms with Crippen molar-refractivity contribution < 1.29 is 4.74 Å². The van der Waals surface area contributed by atoms with E-state index in [0.717, 1.165) is 24.5 Å². The summed E-state index contributed by atoms with van der Waals surface area (Å²) in [6.07, 6.45) is 3.84. The number of aryl methyl sites for hydroxylation is 1. The minimum atomic E-state index is 0.621. The molecule has 0 aliphatic heterocycles. The van der Waals surface area contributed by atoms with Gasteiger partial charge in [0.05, 0.1) is 18.9 Å². The smallest absolute Gasteiger partial charge is 0.0888 e. The number of nitrogens with zero attached hydrogens (tertiary/aromatic N) is 1. The standard InChI is InChI=1S/C14H22N2O/c1-11-4-2-7-14(16-11)10-17-9-13-6-3-5-12(13)8-15/h2,4,7,12-13H,3,5-6,8-10,15H2,1H3. The summed E-state index contributed by atoms with van der Waals surface area (Å²) in [6.45, 7) is 4.26. The van der Waals surface area contributed by atoms with Gasteiger partial charge in [-0.15, -0.1) is 0 Å². The Morgan fingerprint density at radius 2 is 2.18 bits per heavy atom. The van der Waals surface area contributed by atoms with Gasteiger partial charge in [0.25, 0.3) is 0 Å². The van der Waals surface area contributed by atoms with Crippen molar-refractivity contribution in [3.8, 4) is 0 Å². The van der Waals surface area contributed by atoms with Gasteiger partial charge < -0.3 is 10.5 Å². The molecule has 94 valence electrons. The van der Waals surface area contributed by atoms with E-state index in [0.29, 0.717) is 18.4 Å². The first-order valence-corrected chi connectivity index (χ1v) is 6.50. The van der Waals surface area contributed by atoms with E-state index in [2.05, 4.69) is 4.98 Å². The fourth-order valence-electron chi connectivity index (χ4n) is 2.64. The minimum absolute atomic E-state index is 0.621. The minimum Gasteiger partial charge on any atom is -0.375 e. The number of hydrogen-bond acceptors (Lipinski definition) is 3. The van der Waals surface area contributed by atoms with Crippen molar-refractivity contribution in [3.63, 3.8) is 0 Å². The van der Waals surface area contributed by atoms with Gasteiger partial charge in [-0.05, 0) is 50.3 Å². The number of hydrogen-bond donors (Lipinski definition) is 1. The molecule has 2 rings (SSSR count). The van der Waals surface area contributed by atoms with E-state index < -0.39 is 0 Å². The van der Waals surface area contributed by atoms with Gasteiger partial charge in [-0.25, -0.2) is 0 Å². The molecule has 2 N–H and O–H groups in total. The maximum absolute atomic E-state index is 5.77. The van der Waals surface area contributed by atoms with E-state index in [-0.39, 0.29) is 0 Å². The summed E-state index contributed by atoms with van der Waals surface area (Å²) < 4.78 is 5.77. The first-order chi connectivity index (χ1) is 8.29. The lowest BCUT2D eigenvalue weighted by Gasteiger charge is -2.17. The Labute approximate surface area is 103 Å². The average Bonchev–Trinajstić information content (AvgIpc) is 2.77. The molecular formula is C14H22N2O. The van der Waals surface area contributed by atoms with Crippen molar-refractivity contribution >= 4 is 0 Å². The third kappa shape index (κ3) is 3.51. The summed E-state index contributed by atoms with van der Waals surface area (Å²) in [5, 5.41) is 0. The lowest BCUT2D eigenvalue weighted by atomic mass is 9.97. The topological polar surface area (TPSA) is 48.1 Å². The van der Waals surface area contributed by atoms with Crippen LogP contribution in [0.1, 0.15) is 30.7 Å². The Kier molecular flexibility index (Phi) is 4.51. The Balaban J connectivity index is 1.76. The first-order valence-electron chi connectivity index (χ1n) is 6.50. The SMILES string of the molecule is Cc1cccc(COCC2CCCC2CN)n1. The van der Waals surface area contributed by atoms with Crippen molar-refractivity contribution in [1.29, 1.82) is 0 Å². The molecule has 1 aliphatic carbocycles. The Morgan fingerprint density at radius 3 is 2.94 bits per heavy atom. The monoisotopic (exact) mass is 234 g/mol. The van der Waals surface area contributed by atoms with Crippen molar-refractivity contribution in [2.75, 3.05) is 13.2 Å². The van der Waals surface area contributed by atoms with Crippen LogP contribution in [0.3, 0.4) is 0 Å². The van der Waals surface area contributed by atoms with Crippen molar-refractivity contribution in [1.82, 2.24) is 4.98 Å². The molecule has 0 radical (unpaired) electrons. The lowest BCUT2D eigenvalue weighted by Crippen LogP contribution is -2.22. The van der Waals surface area contributed by atoms with Crippen LogP contribution in [0.2, 0.25) is 0 Å². The number of aromatic nitrogens is 1. The zero-order valence-electron chi connectivity index (χ0n) is 10.6. The van der Waals surface area contributed by atoms with E-state index in [4.69, 9.17) is 10.5 Å². The second kappa shape index (κ2) is 6.12. The molecule has 2 atom stereocenters. The van der Waals surface area contributed by atoms with Crippen LogP contribution in [0.4, 0.5) is 0 Å². The molecule has 0 amide bonds. The summed E-state index contributed by atoms with van der Waals surface area (Å²) in [5.74, 6) is 1.32. The van der Waals surface area contributed by atoms with Gasteiger partial charge >= 0.3 is 0 Å². The number of rotatable bonds is 5. The quantitative estimate of drug-likeness (QED) is 0.850. The van der Waals surface area contributed by atoms with Gasteiger partial charge in [-0.1, -0.05) is 12.5 Å². The highest BCUT2D eigenvalue weighted by Crippen LogP contribution is 2.31. The van der Waals surface area contributed by atoms with Crippen LogP contribution in [0.5, 0.6) is 0 Å². The molecule has 3 nitrogen and oxygen atoms in total. The molecule has 1 saturated carbocycles. The maximum atomic E-state index is 5.77.